The fraction of sp³-hybridized carbons (Fsp3) is 0.0345. The van der Waals surface area contributed by atoms with E-state index in [1.54, 1.807) is 0 Å². The van der Waals surface area contributed by atoms with Gasteiger partial charge in [0.25, 0.3) is 0 Å². The van der Waals surface area contributed by atoms with Crippen LogP contribution in [0.4, 0.5) is 0 Å². The zero-order valence-electron chi connectivity index (χ0n) is 33.2. The molecule has 0 aliphatic heterocycles. The summed E-state index contributed by atoms with van der Waals surface area (Å²) >= 11 is 0. The molecule has 0 radical (unpaired) electrons. The van der Waals surface area contributed by atoms with E-state index >= 15 is 0 Å². The molecular formula is C58H41N. The van der Waals surface area contributed by atoms with Crippen LogP contribution < -0.4 is 0 Å². The van der Waals surface area contributed by atoms with E-state index in [9.17, 15) is 0 Å². The van der Waals surface area contributed by atoms with Crippen LogP contribution >= 0.6 is 0 Å². The maximum atomic E-state index is 2.42. The maximum absolute atomic E-state index is 2.42. The van der Waals surface area contributed by atoms with E-state index in [0.717, 1.165) is 5.69 Å². The largest absolute Gasteiger partial charge is 0.309 e. The van der Waals surface area contributed by atoms with Crippen LogP contribution in [-0.2, 0) is 0 Å². The molecule has 0 spiro atoms. The van der Waals surface area contributed by atoms with E-state index < -0.39 is 0 Å². The van der Waals surface area contributed by atoms with Gasteiger partial charge in [-0.25, -0.2) is 0 Å². The lowest BCUT2D eigenvalue weighted by molar-refractivity contribution is 1.18. The molecule has 11 aromatic rings. The Balaban J connectivity index is 1.01. The Morgan fingerprint density at radius 2 is 0.763 bits per heavy atom. The molecule has 0 unspecified atom stereocenters. The molecule has 0 atom stereocenters. The number of aryl methyl sites for hydroxylation is 1. The smallest absolute Gasteiger partial charge is 0.0541 e. The fourth-order valence-corrected chi connectivity index (χ4v) is 9.54. The van der Waals surface area contributed by atoms with Gasteiger partial charge in [0.2, 0.25) is 0 Å². The van der Waals surface area contributed by atoms with Crippen molar-refractivity contribution in [2.45, 2.75) is 13.8 Å². The van der Waals surface area contributed by atoms with Crippen molar-refractivity contribution >= 4 is 43.4 Å². The van der Waals surface area contributed by atoms with E-state index in [1.165, 1.54) is 110 Å². The lowest BCUT2D eigenvalue weighted by Crippen LogP contribution is -1.94. The van der Waals surface area contributed by atoms with Gasteiger partial charge in [0.15, 0.2) is 0 Å². The molecule has 1 heterocycles. The van der Waals surface area contributed by atoms with E-state index in [0.29, 0.717) is 0 Å². The summed E-state index contributed by atoms with van der Waals surface area (Å²) in [6.45, 7) is 4.45. The average molecular weight is 752 g/mol. The van der Waals surface area contributed by atoms with Crippen molar-refractivity contribution in [3.63, 3.8) is 0 Å². The Hall–Kier alpha value is -7.48. The van der Waals surface area contributed by atoms with Gasteiger partial charge in [-0.3, -0.25) is 0 Å². The topological polar surface area (TPSA) is 4.93 Å². The van der Waals surface area contributed by atoms with Gasteiger partial charge in [0, 0.05) is 16.5 Å². The second kappa shape index (κ2) is 14.2. The van der Waals surface area contributed by atoms with Crippen LogP contribution in [0.15, 0.2) is 212 Å². The third-order valence-electron chi connectivity index (χ3n) is 12.4. The van der Waals surface area contributed by atoms with Crippen molar-refractivity contribution in [2.24, 2.45) is 0 Å². The third-order valence-corrected chi connectivity index (χ3v) is 12.4. The van der Waals surface area contributed by atoms with Crippen molar-refractivity contribution < 1.29 is 0 Å². The number of nitrogens with zero attached hydrogens (tertiary/aromatic N) is 1. The molecule has 0 N–H and O–H groups in total. The summed E-state index contributed by atoms with van der Waals surface area (Å²) in [5.41, 5.74) is 18.6. The summed E-state index contributed by atoms with van der Waals surface area (Å²) in [6.07, 6.45) is 0. The summed E-state index contributed by atoms with van der Waals surface area (Å²) in [7, 11) is 0. The Kier molecular flexibility index (Phi) is 8.34. The molecule has 10 aromatic carbocycles. The van der Waals surface area contributed by atoms with Crippen LogP contribution in [0.25, 0.3) is 105 Å². The first-order chi connectivity index (χ1) is 29.1. The van der Waals surface area contributed by atoms with Crippen LogP contribution in [0.1, 0.15) is 11.1 Å². The van der Waals surface area contributed by atoms with Crippen LogP contribution in [0.2, 0.25) is 0 Å². The molecule has 0 bridgehead atoms. The zero-order valence-corrected chi connectivity index (χ0v) is 33.2. The highest BCUT2D eigenvalue weighted by atomic mass is 15.0. The monoisotopic (exact) mass is 751 g/mol. The van der Waals surface area contributed by atoms with Gasteiger partial charge in [-0.2, -0.15) is 0 Å². The number of aromatic nitrogens is 1. The van der Waals surface area contributed by atoms with Gasteiger partial charge in [-0.15, -0.1) is 0 Å². The molecule has 0 aliphatic carbocycles. The molecule has 0 saturated heterocycles. The minimum atomic E-state index is 1.15. The quantitative estimate of drug-likeness (QED) is 0.149. The van der Waals surface area contributed by atoms with Gasteiger partial charge in [0.05, 0.1) is 11.0 Å². The van der Waals surface area contributed by atoms with Crippen LogP contribution in [0.3, 0.4) is 0 Å². The number of fused-ring (bicyclic) bond motifs is 5. The SMILES string of the molecule is Cc1ccccc1-c1cccc(-c2cccc(-c3ccc4c(c3)c3ccccc3n4-c3ccc(-c4c5ccccc5c(-c5ccccc5)c5ccccc45)cc3)c2)c1C. The Morgan fingerprint density at radius 1 is 0.288 bits per heavy atom. The summed E-state index contributed by atoms with van der Waals surface area (Å²) in [5, 5.41) is 7.57. The predicted molar refractivity (Wildman–Crippen MR) is 252 cm³/mol. The van der Waals surface area contributed by atoms with Gasteiger partial charge < -0.3 is 4.57 Å². The molecule has 11 rings (SSSR count). The first-order valence-corrected chi connectivity index (χ1v) is 20.5. The van der Waals surface area contributed by atoms with Crippen LogP contribution in [0.5, 0.6) is 0 Å². The van der Waals surface area contributed by atoms with Crippen molar-refractivity contribution in [3.8, 4) is 61.3 Å². The summed E-state index contributed by atoms with van der Waals surface area (Å²) in [4.78, 5) is 0. The summed E-state index contributed by atoms with van der Waals surface area (Å²) in [6, 6.07) is 77.9. The molecule has 278 valence electrons. The van der Waals surface area contributed by atoms with Gasteiger partial charge in [0.1, 0.15) is 0 Å². The number of hydrogen-bond donors (Lipinski definition) is 0. The number of rotatable bonds is 6. The zero-order chi connectivity index (χ0) is 39.5. The first-order valence-electron chi connectivity index (χ1n) is 20.5. The first kappa shape index (κ1) is 34.7. The van der Waals surface area contributed by atoms with Gasteiger partial charge in [-0.05, 0) is 139 Å². The third kappa shape index (κ3) is 5.77. The summed E-state index contributed by atoms with van der Waals surface area (Å²) < 4.78 is 2.42. The molecular weight excluding hydrogens is 711 g/mol. The maximum Gasteiger partial charge on any atom is 0.0541 e. The number of benzene rings is 10. The molecule has 0 amide bonds. The van der Waals surface area contributed by atoms with Crippen LogP contribution in [0, 0.1) is 13.8 Å². The second-order valence-corrected chi connectivity index (χ2v) is 15.7. The Labute approximate surface area is 345 Å². The van der Waals surface area contributed by atoms with E-state index in [-0.39, 0.29) is 0 Å². The highest BCUT2D eigenvalue weighted by Crippen LogP contribution is 2.44. The van der Waals surface area contributed by atoms with Gasteiger partial charge in [-0.1, -0.05) is 176 Å². The van der Waals surface area contributed by atoms with E-state index in [2.05, 4.69) is 231 Å². The molecule has 1 aromatic heterocycles. The minimum absolute atomic E-state index is 1.15. The summed E-state index contributed by atoms with van der Waals surface area (Å²) in [5.74, 6) is 0. The second-order valence-electron chi connectivity index (χ2n) is 15.7. The number of hydrogen-bond acceptors (Lipinski definition) is 0. The van der Waals surface area contributed by atoms with Crippen molar-refractivity contribution in [1.82, 2.24) is 4.57 Å². The molecule has 59 heavy (non-hydrogen) atoms. The lowest BCUT2D eigenvalue weighted by Gasteiger charge is -2.18. The Bertz CT molecular complexity index is 3330. The molecule has 0 fully saturated rings. The minimum Gasteiger partial charge on any atom is -0.309 e. The van der Waals surface area contributed by atoms with Crippen LogP contribution in [-0.4, -0.2) is 4.57 Å². The van der Waals surface area contributed by atoms with Crippen molar-refractivity contribution in [2.75, 3.05) is 0 Å². The molecule has 0 saturated carbocycles. The molecule has 1 heteroatoms. The predicted octanol–water partition coefficient (Wildman–Crippen LogP) is 16.0. The Morgan fingerprint density at radius 3 is 1.46 bits per heavy atom. The molecule has 1 nitrogen and oxygen atoms in total. The van der Waals surface area contributed by atoms with Gasteiger partial charge >= 0.3 is 0 Å². The van der Waals surface area contributed by atoms with Crippen molar-refractivity contribution in [1.29, 1.82) is 0 Å². The fourth-order valence-electron chi connectivity index (χ4n) is 9.54. The number of para-hydroxylation sites is 1. The lowest BCUT2D eigenvalue weighted by atomic mass is 9.86. The van der Waals surface area contributed by atoms with E-state index in [1.807, 2.05) is 0 Å². The molecule has 0 aliphatic rings. The average Bonchev–Trinajstić information content (AvgIpc) is 3.62. The normalized spacial score (nSPS) is 11.6. The standard InChI is InChI=1S/C58H41N/c1-38-16-6-7-21-46(38)48-28-15-27-47(39(48)2)44-20-14-19-42(36-44)43-32-35-56-54(37-43)49-22-12-13-29-55(49)59(56)45-33-30-41(31-34-45)58-52-25-10-8-23-50(52)57(40-17-4-3-5-18-40)51-24-9-11-26-53(51)58/h3-37H,1-2H3. The van der Waals surface area contributed by atoms with Crippen molar-refractivity contribution in [3.05, 3.63) is 223 Å². The van der Waals surface area contributed by atoms with E-state index in [4.69, 9.17) is 0 Å². The highest BCUT2D eigenvalue weighted by molar-refractivity contribution is 6.21. The highest BCUT2D eigenvalue weighted by Gasteiger charge is 2.18.